The molecule has 3 amide bonds. The van der Waals surface area contributed by atoms with E-state index in [0.717, 1.165) is 54.8 Å². The summed E-state index contributed by atoms with van der Waals surface area (Å²) in [6.07, 6.45) is 5.67. The topological polar surface area (TPSA) is 138 Å². The van der Waals surface area contributed by atoms with Crippen molar-refractivity contribution >= 4 is 40.6 Å². The van der Waals surface area contributed by atoms with Gasteiger partial charge in [-0.3, -0.25) is 19.3 Å². The lowest BCUT2D eigenvalue weighted by atomic mass is 9.95. The Morgan fingerprint density at radius 1 is 1.00 bits per heavy atom. The lowest BCUT2D eigenvalue weighted by Gasteiger charge is -2.31. The molecule has 1 aromatic heterocycles. The number of phenols is 1. The smallest absolute Gasteiger partial charge is 0.273 e. The van der Waals surface area contributed by atoms with E-state index in [4.69, 9.17) is 5.73 Å². The van der Waals surface area contributed by atoms with Crippen LogP contribution < -0.4 is 21.3 Å². The molecule has 5 rings (SSSR count). The van der Waals surface area contributed by atoms with Gasteiger partial charge in [-0.1, -0.05) is 73.9 Å². The van der Waals surface area contributed by atoms with E-state index in [1.807, 2.05) is 55.5 Å². The fraction of sp³-hybridized carbons (Fsp3) is 0.294. The first-order valence-corrected chi connectivity index (χ1v) is 15.7. The second-order valence-electron chi connectivity index (χ2n) is 11.1. The quantitative estimate of drug-likeness (QED) is 0.186. The number of aromatic hydroxyl groups is 1. The molecule has 0 bridgehead atoms. The molecule has 1 aliphatic rings. The van der Waals surface area contributed by atoms with Gasteiger partial charge in [0.1, 0.15) is 16.7 Å². The number of aromatic nitrogens is 1. The Bertz CT molecular complexity index is 1600. The second-order valence-corrected chi connectivity index (χ2v) is 11.9. The number of carbonyl (C=O) groups excluding carboxylic acids is 3. The predicted octanol–water partition coefficient (Wildman–Crippen LogP) is 5.55. The SMILES string of the molecule is Cc1cccc(N(C(=O)c2snc(C(=O)NC3CCCCC3)c2N)[C@H](C(=O)NCCc2ccccc2)c2ccc(O)cc2)c1. The molecule has 0 spiro atoms. The van der Waals surface area contributed by atoms with Gasteiger partial charge in [-0.2, -0.15) is 4.37 Å². The van der Waals surface area contributed by atoms with E-state index >= 15 is 0 Å². The van der Waals surface area contributed by atoms with Crippen LogP contribution in [0.2, 0.25) is 0 Å². The number of nitrogens with two attached hydrogens (primary N) is 1. The van der Waals surface area contributed by atoms with Gasteiger partial charge >= 0.3 is 0 Å². The predicted molar refractivity (Wildman–Crippen MR) is 173 cm³/mol. The Morgan fingerprint density at radius 2 is 1.73 bits per heavy atom. The Kier molecular flexibility index (Phi) is 9.91. The zero-order valence-corrected chi connectivity index (χ0v) is 25.5. The number of nitrogen functional groups attached to an aromatic ring is 1. The molecule has 0 aliphatic heterocycles. The fourth-order valence-corrected chi connectivity index (χ4v) is 6.27. The van der Waals surface area contributed by atoms with E-state index in [1.54, 1.807) is 18.2 Å². The van der Waals surface area contributed by atoms with Gasteiger partial charge in [-0.15, -0.1) is 0 Å². The van der Waals surface area contributed by atoms with E-state index < -0.39 is 23.8 Å². The molecule has 3 aromatic carbocycles. The summed E-state index contributed by atoms with van der Waals surface area (Å²) >= 11 is 0.845. The highest BCUT2D eigenvalue weighted by atomic mass is 32.1. The molecule has 1 aliphatic carbocycles. The summed E-state index contributed by atoms with van der Waals surface area (Å²) in [4.78, 5) is 43.0. The molecule has 1 atom stereocenters. The van der Waals surface area contributed by atoms with Crippen LogP contribution in [0.1, 0.15) is 75.0 Å². The average Bonchev–Trinajstić information content (AvgIpc) is 3.42. The molecule has 1 fully saturated rings. The van der Waals surface area contributed by atoms with Gasteiger partial charge < -0.3 is 21.5 Å². The van der Waals surface area contributed by atoms with E-state index in [0.29, 0.717) is 24.2 Å². The largest absolute Gasteiger partial charge is 0.508 e. The summed E-state index contributed by atoms with van der Waals surface area (Å²) < 4.78 is 4.29. The first-order valence-electron chi connectivity index (χ1n) is 14.9. The highest BCUT2D eigenvalue weighted by Crippen LogP contribution is 2.34. The number of amides is 3. The normalized spacial score (nSPS) is 14.0. The summed E-state index contributed by atoms with van der Waals surface area (Å²) in [7, 11) is 0. The second kappa shape index (κ2) is 14.2. The number of carbonyl (C=O) groups is 3. The van der Waals surface area contributed by atoms with Crippen LogP contribution in [0.25, 0.3) is 0 Å². The lowest BCUT2D eigenvalue weighted by Crippen LogP contribution is -2.44. The minimum absolute atomic E-state index is 0.0140. The zero-order chi connectivity index (χ0) is 31.1. The van der Waals surface area contributed by atoms with Crippen molar-refractivity contribution in [1.82, 2.24) is 15.0 Å². The number of benzene rings is 3. The van der Waals surface area contributed by atoms with Crippen LogP contribution in [0, 0.1) is 6.92 Å². The van der Waals surface area contributed by atoms with Crippen molar-refractivity contribution in [3.8, 4) is 5.75 Å². The Balaban J connectivity index is 1.49. The van der Waals surface area contributed by atoms with Crippen LogP contribution in [0.5, 0.6) is 5.75 Å². The minimum atomic E-state index is -1.11. The van der Waals surface area contributed by atoms with Gasteiger partial charge in [0.15, 0.2) is 5.69 Å². The third kappa shape index (κ3) is 7.26. The first kappa shape index (κ1) is 30.7. The van der Waals surface area contributed by atoms with Gasteiger partial charge in [-0.25, -0.2) is 0 Å². The molecule has 228 valence electrons. The number of hydrogen-bond acceptors (Lipinski definition) is 7. The number of phenolic OH excluding ortho intramolecular Hbond substituents is 1. The maximum atomic E-state index is 14.4. The molecule has 44 heavy (non-hydrogen) atoms. The average molecular weight is 612 g/mol. The fourth-order valence-electron chi connectivity index (χ4n) is 5.53. The molecule has 9 nitrogen and oxygen atoms in total. The van der Waals surface area contributed by atoms with Crippen molar-refractivity contribution in [3.05, 3.63) is 106 Å². The molecule has 4 aromatic rings. The monoisotopic (exact) mass is 611 g/mol. The Hall–Kier alpha value is -4.70. The molecule has 0 saturated heterocycles. The molecule has 0 radical (unpaired) electrons. The maximum absolute atomic E-state index is 14.4. The Labute approximate surface area is 261 Å². The van der Waals surface area contributed by atoms with Gasteiger partial charge in [0, 0.05) is 18.3 Å². The van der Waals surface area contributed by atoms with Crippen LogP contribution in [-0.2, 0) is 11.2 Å². The third-order valence-electron chi connectivity index (χ3n) is 7.85. The van der Waals surface area contributed by atoms with E-state index in [9.17, 15) is 19.5 Å². The van der Waals surface area contributed by atoms with Gasteiger partial charge in [0.2, 0.25) is 5.91 Å². The number of nitrogens with zero attached hydrogens (tertiary/aromatic N) is 2. The highest BCUT2D eigenvalue weighted by Gasteiger charge is 2.36. The van der Waals surface area contributed by atoms with Crippen LogP contribution in [0.4, 0.5) is 11.4 Å². The maximum Gasteiger partial charge on any atom is 0.273 e. The third-order valence-corrected chi connectivity index (χ3v) is 8.70. The number of aryl methyl sites for hydroxylation is 1. The van der Waals surface area contributed by atoms with Crippen molar-refractivity contribution in [2.75, 3.05) is 17.2 Å². The molecular formula is C34H37N5O4S. The molecule has 1 saturated carbocycles. The molecule has 0 unspecified atom stereocenters. The standard InChI is InChI=1S/C34H37N5O4S/c1-22-9-8-14-26(21-22)39(34(43)31-28(35)29(38-44-31)32(41)37-25-12-6-3-7-13-25)30(24-15-17-27(40)18-16-24)33(42)36-20-19-23-10-4-2-5-11-23/h2,4-5,8-11,14-18,21,25,30,40H,3,6-7,12-13,19-20,35H2,1H3,(H,36,42)(H,37,41)/t30-/m0/s1. The summed E-state index contributed by atoms with van der Waals surface area (Å²) in [5.41, 5.74) is 9.37. The lowest BCUT2D eigenvalue weighted by molar-refractivity contribution is -0.122. The van der Waals surface area contributed by atoms with Gasteiger partial charge in [0.05, 0.1) is 5.69 Å². The van der Waals surface area contributed by atoms with Crippen molar-refractivity contribution in [2.45, 2.75) is 57.5 Å². The van der Waals surface area contributed by atoms with Crippen LogP contribution in [0.15, 0.2) is 78.9 Å². The van der Waals surface area contributed by atoms with E-state index in [1.165, 1.54) is 17.0 Å². The Morgan fingerprint density at radius 3 is 2.43 bits per heavy atom. The number of rotatable bonds is 10. The summed E-state index contributed by atoms with van der Waals surface area (Å²) in [5.74, 6) is -1.33. The molecule has 10 heteroatoms. The zero-order valence-electron chi connectivity index (χ0n) is 24.7. The van der Waals surface area contributed by atoms with Gasteiger partial charge in [-0.05, 0) is 78.7 Å². The molecular weight excluding hydrogens is 574 g/mol. The van der Waals surface area contributed by atoms with Crippen molar-refractivity contribution in [3.63, 3.8) is 0 Å². The van der Waals surface area contributed by atoms with Crippen LogP contribution >= 0.6 is 11.5 Å². The number of anilines is 2. The highest BCUT2D eigenvalue weighted by molar-refractivity contribution is 7.09. The molecule has 5 N–H and O–H groups in total. The van der Waals surface area contributed by atoms with Crippen molar-refractivity contribution < 1.29 is 19.5 Å². The first-order chi connectivity index (χ1) is 21.3. The molecule has 1 heterocycles. The van der Waals surface area contributed by atoms with Crippen LogP contribution in [0.3, 0.4) is 0 Å². The van der Waals surface area contributed by atoms with Crippen molar-refractivity contribution in [1.29, 1.82) is 0 Å². The summed E-state index contributed by atoms with van der Waals surface area (Å²) in [5, 5.41) is 16.0. The number of nitrogens with one attached hydrogen (secondary N) is 2. The van der Waals surface area contributed by atoms with E-state index in [2.05, 4.69) is 15.0 Å². The van der Waals surface area contributed by atoms with Crippen molar-refractivity contribution in [2.24, 2.45) is 0 Å². The minimum Gasteiger partial charge on any atom is -0.508 e. The van der Waals surface area contributed by atoms with Gasteiger partial charge in [0.25, 0.3) is 11.8 Å². The summed E-state index contributed by atoms with van der Waals surface area (Å²) in [6, 6.07) is 22.2. The van der Waals surface area contributed by atoms with Crippen LogP contribution in [-0.4, -0.2) is 39.8 Å². The summed E-state index contributed by atoms with van der Waals surface area (Å²) in [6.45, 7) is 2.25. The van der Waals surface area contributed by atoms with E-state index in [-0.39, 0.29) is 28.0 Å². The number of hydrogen-bond donors (Lipinski definition) is 4.